The number of carboxylic acid groups (broad SMARTS) is 1. The number of halogens is 5. The summed E-state index contributed by atoms with van der Waals surface area (Å²) in [5.41, 5.74) is -2.03. The Labute approximate surface area is 260 Å². The minimum atomic E-state index is -4.76. The van der Waals surface area contributed by atoms with Crippen molar-refractivity contribution in [3.63, 3.8) is 0 Å². The molecule has 5 rings (SSSR count). The summed E-state index contributed by atoms with van der Waals surface area (Å²) in [6, 6.07) is 8.49. The molecule has 17 heteroatoms. The first-order valence-corrected chi connectivity index (χ1v) is 13.5. The summed E-state index contributed by atoms with van der Waals surface area (Å²) in [7, 11) is 1.28. The number of aromatic carboxylic acids is 1. The maximum Gasteiger partial charge on any atom is 0.436 e. The predicted molar refractivity (Wildman–Crippen MR) is 154 cm³/mol. The molecule has 0 spiro atoms. The van der Waals surface area contributed by atoms with E-state index < -0.39 is 46.7 Å². The molecule has 3 heterocycles. The molecule has 0 aliphatic carbocycles. The van der Waals surface area contributed by atoms with Crippen LogP contribution in [0.25, 0.3) is 16.8 Å². The summed E-state index contributed by atoms with van der Waals surface area (Å²) in [6.07, 6.45) is -3.05. The quantitative estimate of drug-likeness (QED) is 0.200. The zero-order chi connectivity index (χ0) is 33.3. The van der Waals surface area contributed by atoms with Gasteiger partial charge >= 0.3 is 12.1 Å². The molecule has 0 saturated heterocycles. The van der Waals surface area contributed by atoms with Crippen LogP contribution in [0.1, 0.15) is 33.5 Å². The van der Waals surface area contributed by atoms with Crippen LogP contribution in [0.2, 0.25) is 5.02 Å². The monoisotopic (exact) mass is 660 g/mol. The summed E-state index contributed by atoms with van der Waals surface area (Å²) in [5, 5.41) is 22.4. The number of rotatable bonds is 9. The van der Waals surface area contributed by atoms with Gasteiger partial charge in [-0.25, -0.2) is 13.9 Å². The molecule has 1 atom stereocenters. The Balaban J connectivity index is 1.59. The normalized spacial score (nSPS) is 12.2. The van der Waals surface area contributed by atoms with E-state index in [1.807, 2.05) is 0 Å². The van der Waals surface area contributed by atoms with Crippen LogP contribution in [0.4, 0.5) is 23.2 Å². The van der Waals surface area contributed by atoms with E-state index in [0.29, 0.717) is 17.7 Å². The van der Waals surface area contributed by atoms with Gasteiger partial charge < -0.3 is 19.7 Å². The summed E-state index contributed by atoms with van der Waals surface area (Å²) >= 11 is 6.22. The highest BCUT2D eigenvalue weighted by Gasteiger charge is 2.35. The number of nitrogens with one attached hydrogen (secondary N) is 1. The van der Waals surface area contributed by atoms with Crippen LogP contribution in [0.15, 0.2) is 70.2 Å². The number of benzene rings is 2. The first kappa shape index (κ1) is 31.9. The summed E-state index contributed by atoms with van der Waals surface area (Å²) in [4.78, 5) is 38.4. The molecule has 0 aliphatic rings. The molecule has 0 unspecified atom stereocenters. The zero-order valence-electron chi connectivity index (χ0n) is 23.7. The van der Waals surface area contributed by atoms with Crippen molar-refractivity contribution in [2.45, 2.75) is 25.6 Å². The molecule has 46 heavy (non-hydrogen) atoms. The number of carbonyl (C=O) groups excluding carboxylic acids is 1. The smallest absolute Gasteiger partial charge is 0.436 e. The average molecular weight is 661 g/mol. The second-order valence-electron chi connectivity index (χ2n) is 9.85. The number of aromatic nitrogens is 5. The number of carboxylic acids is 1. The Bertz CT molecular complexity index is 2020. The van der Waals surface area contributed by atoms with Gasteiger partial charge in [0.25, 0.3) is 5.56 Å². The molecule has 2 N–H and O–H groups in total. The van der Waals surface area contributed by atoms with E-state index >= 15 is 0 Å². The number of nitrogens with zero attached hydrogens (tertiary/aromatic N) is 5. The Kier molecular flexibility index (Phi) is 8.65. The van der Waals surface area contributed by atoms with Crippen molar-refractivity contribution in [2.75, 3.05) is 12.4 Å². The van der Waals surface area contributed by atoms with Crippen LogP contribution in [0.5, 0.6) is 5.75 Å². The molecule has 12 nitrogen and oxygen atoms in total. The lowest BCUT2D eigenvalue weighted by atomic mass is 10.0. The molecule has 0 bridgehead atoms. The lowest BCUT2D eigenvalue weighted by molar-refractivity contribution is -0.141. The number of hydrogen-bond donors (Lipinski definition) is 2. The Morgan fingerprint density at radius 2 is 1.87 bits per heavy atom. The Morgan fingerprint density at radius 1 is 1.11 bits per heavy atom. The third kappa shape index (κ3) is 6.61. The van der Waals surface area contributed by atoms with E-state index in [1.165, 1.54) is 37.6 Å². The second kappa shape index (κ2) is 12.5. The third-order valence-corrected chi connectivity index (χ3v) is 6.96. The average Bonchev–Trinajstić information content (AvgIpc) is 3.65. The molecular weight excluding hydrogens is 640 g/mol. The van der Waals surface area contributed by atoms with E-state index in [0.717, 1.165) is 27.4 Å². The molecule has 0 aliphatic heterocycles. The maximum absolute atomic E-state index is 14.3. The number of ether oxygens (including phenoxy) is 1. The van der Waals surface area contributed by atoms with Gasteiger partial charge in [-0.05, 0) is 43.3 Å². The minimum Gasteiger partial charge on any atom is -0.495 e. The summed E-state index contributed by atoms with van der Waals surface area (Å²) in [5.74, 6) is -2.95. The highest BCUT2D eigenvalue weighted by molar-refractivity contribution is 6.31. The second-order valence-corrected chi connectivity index (χ2v) is 10.3. The number of amides is 1. The van der Waals surface area contributed by atoms with Crippen molar-refractivity contribution in [3.8, 4) is 22.6 Å². The van der Waals surface area contributed by atoms with Gasteiger partial charge in [0.05, 0.1) is 36.4 Å². The Hall–Kier alpha value is -5.51. The van der Waals surface area contributed by atoms with Crippen LogP contribution in [0.3, 0.4) is 0 Å². The number of methoxy groups -OCH3 is 1. The van der Waals surface area contributed by atoms with Crippen molar-refractivity contribution < 1.29 is 41.5 Å². The molecule has 3 aromatic heterocycles. The van der Waals surface area contributed by atoms with Gasteiger partial charge in [-0.1, -0.05) is 22.0 Å². The van der Waals surface area contributed by atoms with Gasteiger partial charge in [0, 0.05) is 40.4 Å². The summed E-state index contributed by atoms with van der Waals surface area (Å²) in [6.45, 7) is 1.62. The molecular formula is C29H21ClF4N6O6. The highest BCUT2D eigenvalue weighted by atomic mass is 35.5. The fraction of sp³-hybridized carbons (Fsp3) is 0.172. The largest absolute Gasteiger partial charge is 0.495 e. The van der Waals surface area contributed by atoms with Crippen LogP contribution in [0, 0.1) is 12.7 Å². The van der Waals surface area contributed by atoms with E-state index in [-0.39, 0.29) is 39.7 Å². The van der Waals surface area contributed by atoms with E-state index in [2.05, 4.69) is 20.8 Å². The molecule has 0 fully saturated rings. The number of anilines is 1. The molecule has 2 aromatic carbocycles. The van der Waals surface area contributed by atoms with Crippen molar-refractivity contribution in [1.82, 2.24) is 24.7 Å². The van der Waals surface area contributed by atoms with Crippen LogP contribution in [-0.4, -0.2) is 48.8 Å². The van der Waals surface area contributed by atoms with Crippen molar-refractivity contribution in [2.24, 2.45) is 0 Å². The number of aryl methyl sites for hydroxylation is 1. The van der Waals surface area contributed by atoms with Crippen molar-refractivity contribution in [3.05, 3.63) is 105 Å². The fourth-order valence-electron chi connectivity index (χ4n) is 4.60. The first-order chi connectivity index (χ1) is 21.7. The molecule has 5 aromatic rings. The zero-order valence-corrected chi connectivity index (χ0v) is 24.4. The van der Waals surface area contributed by atoms with Gasteiger partial charge in [-0.2, -0.15) is 13.2 Å². The predicted octanol–water partition coefficient (Wildman–Crippen LogP) is 5.33. The topological polar surface area (TPSA) is 154 Å². The molecule has 0 radical (unpaired) electrons. The van der Waals surface area contributed by atoms with Crippen LogP contribution < -0.4 is 15.6 Å². The van der Waals surface area contributed by atoms with E-state index in [4.69, 9.17) is 26.0 Å². The SMILES string of the molecule is COc1cn([C@@H](Cc2cc(C)on2)C(=O)Nc2ccc(C(=O)O)c(F)c2)c(=O)cc1-c1cc(Cl)ccc1-n1cc(C(F)(F)F)nn1. The van der Waals surface area contributed by atoms with Crippen LogP contribution in [-0.2, 0) is 17.4 Å². The standard InChI is InChI=1S/C29H21ClF4N6O6/c1-14-7-17(37-46-14)10-23(27(42)35-16-4-5-18(28(43)44)21(31)9-16)39-12-24(45-2)20(11-26(39)41)19-8-15(30)3-6-22(19)40-13-25(36-38-40)29(32,33)34/h3-9,11-13,23H,10H2,1-2H3,(H,35,42)(H,43,44)/t23-/m0/s1. The third-order valence-electron chi connectivity index (χ3n) is 6.73. The summed E-state index contributed by atoms with van der Waals surface area (Å²) < 4.78 is 66.6. The number of hydrogen-bond acceptors (Lipinski definition) is 8. The lowest BCUT2D eigenvalue weighted by Gasteiger charge is -2.21. The molecule has 0 saturated carbocycles. The number of carbonyl (C=O) groups is 2. The first-order valence-electron chi connectivity index (χ1n) is 13.1. The minimum absolute atomic E-state index is 0.0188. The Morgan fingerprint density at radius 3 is 2.48 bits per heavy atom. The van der Waals surface area contributed by atoms with Gasteiger partial charge in [0.15, 0.2) is 5.69 Å². The molecule has 238 valence electrons. The van der Waals surface area contributed by atoms with Crippen LogP contribution >= 0.6 is 11.6 Å². The van der Waals surface area contributed by atoms with Gasteiger partial charge in [-0.3, -0.25) is 14.2 Å². The number of alkyl halides is 3. The molecule has 1 amide bonds. The van der Waals surface area contributed by atoms with Crippen molar-refractivity contribution >= 4 is 29.2 Å². The fourth-order valence-corrected chi connectivity index (χ4v) is 4.77. The highest BCUT2D eigenvalue weighted by Crippen LogP contribution is 2.36. The maximum atomic E-state index is 14.3. The van der Waals surface area contributed by atoms with E-state index in [9.17, 15) is 31.9 Å². The van der Waals surface area contributed by atoms with Gasteiger partial charge in [0.2, 0.25) is 5.91 Å². The van der Waals surface area contributed by atoms with Gasteiger partial charge in [0.1, 0.15) is 23.4 Å². The number of pyridine rings is 1. The van der Waals surface area contributed by atoms with E-state index in [1.54, 1.807) is 13.0 Å². The lowest BCUT2D eigenvalue weighted by Crippen LogP contribution is -2.34. The van der Waals surface area contributed by atoms with Crippen molar-refractivity contribution in [1.29, 1.82) is 0 Å². The van der Waals surface area contributed by atoms with Gasteiger partial charge in [-0.15, -0.1) is 5.10 Å².